The summed E-state index contributed by atoms with van der Waals surface area (Å²) in [6.07, 6.45) is 0. The highest BCUT2D eigenvalue weighted by Gasteiger charge is 2.30. The van der Waals surface area contributed by atoms with Gasteiger partial charge in [0.1, 0.15) is 0 Å². The molecule has 16 heavy (non-hydrogen) atoms. The molecular formula is C13H11NOS. The number of carbonyl (C=O) groups is 1. The minimum absolute atomic E-state index is 0.159. The molecule has 2 aromatic rings. The largest absolute Gasteiger partial charge is 0.349 e. The quantitative estimate of drug-likeness (QED) is 0.700. The van der Waals surface area contributed by atoms with Gasteiger partial charge in [-0.3, -0.25) is 4.79 Å². The third-order valence-corrected chi connectivity index (χ3v) is 3.72. The molecule has 1 aliphatic heterocycles. The summed E-state index contributed by atoms with van der Waals surface area (Å²) in [4.78, 5) is 15.2. The number of thioether (sulfide) groups is 1. The number of allylic oxidation sites excluding steroid dienone is 1. The molecule has 1 aromatic heterocycles. The Kier molecular flexibility index (Phi) is 1.98. The Bertz CT molecular complexity index is 632. The van der Waals surface area contributed by atoms with Crippen LogP contribution < -0.4 is 0 Å². The van der Waals surface area contributed by atoms with Crippen molar-refractivity contribution in [2.24, 2.45) is 0 Å². The van der Waals surface area contributed by atoms with E-state index in [1.54, 1.807) is 0 Å². The Balaban J connectivity index is 2.42. The molecule has 0 aliphatic carbocycles. The van der Waals surface area contributed by atoms with Gasteiger partial charge in [0.15, 0.2) is 0 Å². The summed E-state index contributed by atoms with van der Waals surface area (Å²) in [5.74, 6) is 0. The maximum absolute atomic E-state index is 11.9. The number of aromatic nitrogens is 1. The molecule has 0 unspecified atom stereocenters. The molecule has 1 N–H and O–H groups in total. The Labute approximate surface area is 97.7 Å². The number of hydrogen-bond acceptors (Lipinski definition) is 2. The van der Waals surface area contributed by atoms with Crippen LogP contribution in [-0.4, -0.2) is 10.1 Å². The fourth-order valence-corrected chi connectivity index (χ4v) is 3.21. The van der Waals surface area contributed by atoms with Crippen LogP contribution >= 0.6 is 11.8 Å². The third-order valence-electron chi connectivity index (χ3n) is 2.82. The molecule has 2 nitrogen and oxygen atoms in total. The normalized spacial score (nSPS) is 14.6. The van der Waals surface area contributed by atoms with E-state index >= 15 is 0 Å². The van der Waals surface area contributed by atoms with Crippen molar-refractivity contribution >= 4 is 33.4 Å². The number of benzene rings is 1. The monoisotopic (exact) mass is 229 g/mol. The van der Waals surface area contributed by atoms with Crippen LogP contribution in [0.4, 0.5) is 0 Å². The van der Waals surface area contributed by atoms with Crippen molar-refractivity contribution in [1.29, 1.82) is 0 Å². The predicted octanol–water partition coefficient (Wildman–Crippen LogP) is 3.59. The topological polar surface area (TPSA) is 32.9 Å². The lowest BCUT2D eigenvalue weighted by atomic mass is 10.0. The zero-order valence-corrected chi connectivity index (χ0v) is 9.94. The van der Waals surface area contributed by atoms with E-state index in [0.717, 1.165) is 32.6 Å². The molecule has 3 rings (SSSR count). The second-order valence-corrected chi connectivity index (χ2v) is 5.12. The average Bonchev–Trinajstić information content (AvgIpc) is 2.71. The summed E-state index contributed by atoms with van der Waals surface area (Å²) in [5, 5.41) is 2.29. The van der Waals surface area contributed by atoms with Gasteiger partial charge in [0, 0.05) is 22.0 Å². The number of fused-ring (bicyclic) bond motifs is 3. The Morgan fingerprint density at radius 2 is 2.00 bits per heavy atom. The van der Waals surface area contributed by atoms with Crippen molar-refractivity contribution in [3.05, 3.63) is 35.4 Å². The summed E-state index contributed by atoms with van der Waals surface area (Å²) < 4.78 is 0. The predicted molar refractivity (Wildman–Crippen MR) is 67.4 cm³/mol. The van der Waals surface area contributed by atoms with Gasteiger partial charge in [-0.1, -0.05) is 23.8 Å². The van der Waals surface area contributed by atoms with E-state index in [4.69, 9.17) is 0 Å². The first-order chi connectivity index (χ1) is 7.68. The second-order valence-electron chi connectivity index (χ2n) is 4.14. The molecule has 0 fully saturated rings. The lowest BCUT2D eigenvalue weighted by Crippen LogP contribution is -1.90. The van der Waals surface area contributed by atoms with E-state index < -0.39 is 0 Å². The van der Waals surface area contributed by atoms with Gasteiger partial charge in [-0.05, 0) is 31.7 Å². The highest BCUT2D eigenvalue weighted by atomic mass is 32.2. The molecule has 1 aliphatic rings. The molecule has 0 saturated carbocycles. The first-order valence-corrected chi connectivity index (χ1v) is 6.01. The van der Waals surface area contributed by atoms with Crippen molar-refractivity contribution in [2.45, 2.75) is 18.9 Å². The van der Waals surface area contributed by atoms with Gasteiger partial charge in [0.2, 0.25) is 5.12 Å². The summed E-state index contributed by atoms with van der Waals surface area (Å²) in [6.45, 7) is 3.98. The highest BCUT2D eigenvalue weighted by molar-refractivity contribution is 8.15. The fraction of sp³-hybridized carbons (Fsp3) is 0.154. The Morgan fingerprint density at radius 3 is 2.75 bits per heavy atom. The summed E-state index contributed by atoms with van der Waals surface area (Å²) in [7, 11) is 0. The third kappa shape index (κ3) is 1.18. The molecule has 2 heterocycles. The van der Waals surface area contributed by atoms with Crippen molar-refractivity contribution in [1.82, 2.24) is 4.98 Å². The van der Waals surface area contributed by atoms with E-state index in [2.05, 4.69) is 11.1 Å². The van der Waals surface area contributed by atoms with E-state index in [9.17, 15) is 4.79 Å². The lowest BCUT2D eigenvalue weighted by molar-refractivity contribution is -0.106. The maximum atomic E-state index is 11.9. The van der Waals surface area contributed by atoms with Gasteiger partial charge in [-0.15, -0.1) is 0 Å². The van der Waals surface area contributed by atoms with E-state index in [0.29, 0.717) is 0 Å². The number of carbonyl (C=O) groups excluding carboxylic acids is 1. The van der Waals surface area contributed by atoms with Crippen LogP contribution in [0.3, 0.4) is 0 Å². The van der Waals surface area contributed by atoms with Crippen molar-refractivity contribution in [3.8, 4) is 0 Å². The van der Waals surface area contributed by atoms with Crippen LogP contribution in [0, 0.1) is 0 Å². The molecular weight excluding hydrogens is 218 g/mol. The molecule has 80 valence electrons. The summed E-state index contributed by atoms with van der Waals surface area (Å²) in [6, 6.07) is 8.11. The van der Waals surface area contributed by atoms with E-state index in [1.807, 2.05) is 32.0 Å². The molecule has 0 bridgehead atoms. The average molecular weight is 229 g/mol. The van der Waals surface area contributed by atoms with E-state index in [-0.39, 0.29) is 5.12 Å². The van der Waals surface area contributed by atoms with Crippen LogP contribution in [-0.2, 0) is 4.79 Å². The number of aromatic amines is 1. The zero-order valence-electron chi connectivity index (χ0n) is 9.13. The molecule has 0 amide bonds. The van der Waals surface area contributed by atoms with Crippen LogP contribution in [0.5, 0.6) is 0 Å². The van der Waals surface area contributed by atoms with Gasteiger partial charge >= 0.3 is 0 Å². The van der Waals surface area contributed by atoms with Crippen LogP contribution in [0.1, 0.15) is 19.4 Å². The zero-order chi connectivity index (χ0) is 11.3. The first kappa shape index (κ1) is 9.73. The first-order valence-electron chi connectivity index (χ1n) is 5.19. The van der Waals surface area contributed by atoms with Crippen molar-refractivity contribution in [2.75, 3.05) is 0 Å². The summed E-state index contributed by atoms with van der Waals surface area (Å²) >= 11 is 1.30. The van der Waals surface area contributed by atoms with Crippen molar-refractivity contribution < 1.29 is 4.79 Å². The van der Waals surface area contributed by atoms with Gasteiger partial charge in [-0.25, -0.2) is 0 Å². The summed E-state index contributed by atoms with van der Waals surface area (Å²) in [5.41, 5.74) is 4.15. The van der Waals surface area contributed by atoms with Gasteiger partial charge in [0.25, 0.3) is 0 Å². The van der Waals surface area contributed by atoms with Crippen molar-refractivity contribution in [3.63, 3.8) is 0 Å². The number of H-pyrrole nitrogens is 1. The SMILES string of the molecule is CC(C)=C1C(=O)Sc2[nH]c3ccccc3c21. The minimum atomic E-state index is 0.159. The Hall–Kier alpha value is -1.48. The van der Waals surface area contributed by atoms with Gasteiger partial charge < -0.3 is 4.98 Å². The Morgan fingerprint density at radius 1 is 1.25 bits per heavy atom. The van der Waals surface area contributed by atoms with E-state index in [1.165, 1.54) is 11.8 Å². The molecule has 0 atom stereocenters. The lowest BCUT2D eigenvalue weighted by Gasteiger charge is -1.99. The molecule has 0 radical (unpaired) electrons. The van der Waals surface area contributed by atoms with Crippen LogP contribution in [0.2, 0.25) is 0 Å². The standard InChI is InChI=1S/C13H11NOS/c1-7(2)10-11-8-5-3-4-6-9(8)14-12(11)16-13(10)15/h3-6,14H,1-2H3. The van der Waals surface area contributed by atoms with Gasteiger partial charge in [-0.2, -0.15) is 0 Å². The van der Waals surface area contributed by atoms with Gasteiger partial charge in [0.05, 0.1) is 5.03 Å². The number of hydrogen-bond donors (Lipinski definition) is 1. The maximum Gasteiger partial charge on any atom is 0.226 e. The second kappa shape index (κ2) is 3.25. The molecule has 0 saturated heterocycles. The molecule has 1 aromatic carbocycles. The minimum Gasteiger partial charge on any atom is -0.349 e. The number of rotatable bonds is 0. The molecule has 3 heteroatoms. The highest BCUT2D eigenvalue weighted by Crippen LogP contribution is 2.45. The molecule has 0 spiro atoms. The number of para-hydroxylation sites is 1. The number of nitrogens with one attached hydrogen (secondary N) is 1. The van der Waals surface area contributed by atoms with Crippen LogP contribution in [0.25, 0.3) is 16.5 Å². The van der Waals surface area contributed by atoms with Crippen LogP contribution in [0.15, 0.2) is 34.9 Å². The fourth-order valence-electron chi connectivity index (χ4n) is 2.14. The smallest absolute Gasteiger partial charge is 0.226 e.